The van der Waals surface area contributed by atoms with Crippen molar-refractivity contribution in [3.05, 3.63) is 30.1 Å². The summed E-state index contributed by atoms with van der Waals surface area (Å²) in [6.07, 6.45) is 3.06. The van der Waals surface area contributed by atoms with Crippen molar-refractivity contribution in [2.24, 2.45) is 0 Å². The summed E-state index contributed by atoms with van der Waals surface area (Å²) in [5.41, 5.74) is 0.407. The molecule has 0 aliphatic heterocycles. The first kappa shape index (κ1) is 32.5. The first-order chi connectivity index (χ1) is 17.7. The van der Waals surface area contributed by atoms with Gasteiger partial charge in [0.15, 0.2) is 0 Å². The van der Waals surface area contributed by atoms with Gasteiger partial charge in [0.05, 0.1) is 97.5 Å². The fourth-order valence-electron chi connectivity index (χ4n) is 2.68. The topological polar surface area (TPSA) is 122 Å². The third-order valence-corrected chi connectivity index (χ3v) is 7.25. The lowest BCUT2D eigenvalue weighted by atomic mass is 10.3. The average molecular weight is 536 g/mol. The minimum absolute atomic E-state index is 0.0486. The number of carbonyl (C=O) groups excluding carboxylic acids is 1. The molecule has 1 heterocycles. The molecule has 0 saturated carbocycles. The number of rotatable bonds is 25. The van der Waals surface area contributed by atoms with Crippen LogP contribution in [-0.2, 0) is 46.4 Å². The van der Waals surface area contributed by atoms with Gasteiger partial charge in [-0.15, -0.1) is 0 Å². The minimum Gasteiger partial charge on any atom is -0.462 e. The van der Waals surface area contributed by atoms with Crippen LogP contribution < -0.4 is 0 Å². The number of carbonyl (C=O) groups is 1. The van der Waals surface area contributed by atoms with Gasteiger partial charge in [-0.2, -0.15) is 0 Å². The molecule has 0 spiro atoms. The number of hydrogen-bond donors (Lipinski definition) is 0. The van der Waals surface area contributed by atoms with Gasteiger partial charge in [0.25, 0.3) is 0 Å². The zero-order valence-electron chi connectivity index (χ0n) is 21.6. The normalized spacial score (nSPS) is 11.6. The van der Waals surface area contributed by atoms with Gasteiger partial charge < -0.3 is 46.4 Å². The fourth-order valence-corrected chi connectivity index (χ4v) is 4.90. The van der Waals surface area contributed by atoms with Crippen LogP contribution >= 0.6 is 0 Å². The maximum atomic E-state index is 12.4. The SMILES string of the molecule is COCCOCCO[Si](CCOC(=O)c1ccncc1)(OCCOCCOC)OCCOCCOC. The van der Waals surface area contributed by atoms with Crippen molar-refractivity contribution in [1.29, 1.82) is 0 Å². The lowest BCUT2D eigenvalue weighted by Crippen LogP contribution is -2.49. The first-order valence-corrected chi connectivity index (χ1v) is 13.8. The molecule has 208 valence electrons. The van der Waals surface area contributed by atoms with E-state index >= 15 is 0 Å². The highest BCUT2D eigenvalue weighted by molar-refractivity contribution is 6.60. The zero-order valence-corrected chi connectivity index (χ0v) is 22.6. The van der Waals surface area contributed by atoms with E-state index < -0.39 is 14.8 Å². The van der Waals surface area contributed by atoms with E-state index in [1.54, 1.807) is 33.5 Å². The maximum absolute atomic E-state index is 12.4. The summed E-state index contributed by atoms with van der Waals surface area (Å²) in [6, 6.07) is 3.42. The van der Waals surface area contributed by atoms with E-state index in [2.05, 4.69) is 4.98 Å². The van der Waals surface area contributed by atoms with Crippen LogP contribution in [0.15, 0.2) is 24.5 Å². The molecule has 0 saturated heterocycles. The Morgan fingerprint density at radius 1 is 0.639 bits per heavy atom. The summed E-state index contributed by atoms with van der Waals surface area (Å²) in [5.74, 6) is -0.464. The Morgan fingerprint density at radius 3 is 1.47 bits per heavy atom. The Morgan fingerprint density at radius 2 is 1.06 bits per heavy atom. The molecular weight excluding hydrogens is 494 g/mol. The molecule has 1 rings (SSSR count). The summed E-state index contributed by atoms with van der Waals surface area (Å²) in [4.78, 5) is 16.3. The summed E-state index contributed by atoms with van der Waals surface area (Å²) >= 11 is 0. The fraction of sp³-hybridized carbons (Fsp3) is 0.739. The summed E-state index contributed by atoms with van der Waals surface area (Å²) < 4.78 is 55.3. The smallest absolute Gasteiger partial charge is 0.462 e. The molecule has 0 aromatic carbocycles. The van der Waals surface area contributed by atoms with Crippen molar-refractivity contribution in [2.45, 2.75) is 6.04 Å². The van der Waals surface area contributed by atoms with Crippen molar-refractivity contribution in [3.8, 4) is 0 Å². The Bertz CT molecular complexity index is 601. The van der Waals surface area contributed by atoms with Gasteiger partial charge in [0.2, 0.25) is 0 Å². The van der Waals surface area contributed by atoms with Crippen LogP contribution in [0.3, 0.4) is 0 Å². The molecule has 0 unspecified atom stereocenters. The molecule has 13 heteroatoms. The molecule has 1 aromatic rings. The highest BCUT2D eigenvalue weighted by Gasteiger charge is 2.41. The van der Waals surface area contributed by atoms with Gasteiger partial charge in [0, 0.05) is 33.7 Å². The molecule has 1 aromatic heterocycles. The Balaban J connectivity index is 2.72. The standard InChI is InChI=1S/C23H41NO11Si/c1-26-8-11-29-14-17-33-36(34-18-15-30-12-9-27-2,35-19-16-31-13-10-28-3)21-20-32-23(25)22-4-6-24-7-5-22/h4-7H,8-21H2,1-3H3. The highest BCUT2D eigenvalue weighted by atomic mass is 28.4. The zero-order chi connectivity index (χ0) is 26.2. The number of pyridine rings is 1. The van der Waals surface area contributed by atoms with Crippen LogP contribution in [0.25, 0.3) is 0 Å². The second-order valence-electron chi connectivity index (χ2n) is 7.17. The van der Waals surface area contributed by atoms with E-state index in [-0.39, 0.29) is 32.5 Å². The van der Waals surface area contributed by atoms with Crippen molar-refractivity contribution in [2.75, 3.05) is 107 Å². The summed E-state index contributed by atoms with van der Waals surface area (Å²) in [6.45, 7) is 4.54. The van der Waals surface area contributed by atoms with Crippen LogP contribution in [0.5, 0.6) is 0 Å². The molecule has 0 fully saturated rings. The maximum Gasteiger partial charge on any atom is 0.504 e. The third kappa shape index (κ3) is 16.3. The predicted molar refractivity (Wildman–Crippen MR) is 131 cm³/mol. The first-order valence-electron chi connectivity index (χ1n) is 11.9. The second kappa shape index (κ2) is 22.7. The molecule has 12 nitrogen and oxygen atoms in total. The van der Waals surface area contributed by atoms with Crippen LogP contribution in [-0.4, -0.2) is 127 Å². The monoisotopic (exact) mass is 535 g/mol. The van der Waals surface area contributed by atoms with Crippen LogP contribution in [0.4, 0.5) is 0 Å². The molecule has 0 radical (unpaired) electrons. The van der Waals surface area contributed by atoms with Crippen molar-refractivity contribution >= 4 is 14.8 Å². The predicted octanol–water partition coefficient (Wildman–Crippen LogP) is 1.22. The van der Waals surface area contributed by atoms with Crippen LogP contribution in [0.2, 0.25) is 6.04 Å². The largest absolute Gasteiger partial charge is 0.504 e. The highest BCUT2D eigenvalue weighted by Crippen LogP contribution is 2.17. The van der Waals surface area contributed by atoms with Crippen molar-refractivity contribution < 1.29 is 51.2 Å². The number of esters is 1. The Hall–Kier alpha value is -1.52. The van der Waals surface area contributed by atoms with Crippen LogP contribution in [0, 0.1) is 0 Å². The molecule has 0 N–H and O–H groups in total. The molecule has 0 aliphatic carbocycles. The second-order valence-corrected chi connectivity index (χ2v) is 9.90. The van der Waals surface area contributed by atoms with Gasteiger partial charge in [-0.3, -0.25) is 4.98 Å². The number of methoxy groups -OCH3 is 3. The van der Waals surface area contributed by atoms with Gasteiger partial charge >= 0.3 is 14.8 Å². The van der Waals surface area contributed by atoms with E-state index in [4.69, 9.17) is 46.4 Å². The lowest BCUT2D eigenvalue weighted by Gasteiger charge is -2.29. The van der Waals surface area contributed by atoms with Crippen molar-refractivity contribution in [1.82, 2.24) is 4.98 Å². The average Bonchev–Trinajstić information content (AvgIpc) is 2.90. The quantitative estimate of drug-likeness (QED) is 0.102. The Kier molecular flexibility index (Phi) is 20.5. The number of nitrogens with zero attached hydrogens (tertiary/aromatic N) is 1. The molecule has 0 atom stereocenters. The van der Waals surface area contributed by atoms with Gasteiger partial charge in [-0.1, -0.05) is 0 Å². The molecule has 36 heavy (non-hydrogen) atoms. The van der Waals surface area contributed by atoms with E-state index in [1.807, 2.05) is 0 Å². The van der Waals surface area contributed by atoms with Gasteiger partial charge in [0.1, 0.15) is 0 Å². The third-order valence-electron chi connectivity index (χ3n) is 4.50. The lowest BCUT2D eigenvalue weighted by molar-refractivity contribution is -0.0134. The minimum atomic E-state index is -3.29. The molecular formula is C23H41NO11Si. The van der Waals surface area contributed by atoms with Gasteiger partial charge in [-0.25, -0.2) is 4.79 Å². The van der Waals surface area contributed by atoms with E-state index in [0.29, 0.717) is 65.0 Å². The van der Waals surface area contributed by atoms with E-state index in [9.17, 15) is 4.79 Å². The molecule has 0 amide bonds. The van der Waals surface area contributed by atoms with Crippen molar-refractivity contribution in [3.63, 3.8) is 0 Å². The summed E-state index contributed by atoms with van der Waals surface area (Å²) in [5, 5.41) is 0. The Labute approximate surface area is 214 Å². The van der Waals surface area contributed by atoms with Crippen LogP contribution in [0.1, 0.15) is 10.4 Å². The summed E-state index contributed by atoms with van der Waals surface area (Å²) in [7, 11) is 1.53. The van der Waals surface area contributed by atoms with Gasteiger partial charge in [-0.05, 0) is 12.1 Å². The van der Waals surface area contributed by atoms with E-state index in [0.717, 1.165) is 0 Å². The number of ether oxygens (including phenoxy) is 7. The number of aromatic nitrogens is 1. The molecule has 0 bridgehead atoms. The molecule has 0 aliphatic rings. The number of hydrogen-bond acceptors (Lipinski definition) is 12. The van der Waals surface area contributed by atoms with E-state index in [1.165, 1.54) is 12.4 Å².